The number of carbonyl (C=O) groups is 1. The van der Waals surface area contributed by atoms with E-state index in [4.69, 9.17) is 0 Å². The number of aliphatic hydroxyl groups excluding tert-OH is 1. The largest absolute Gasteiger partial charge is 0.396 e. The third-order valence-electron chi connectivity index (χ3n) is 4.56. The third kappa shape index (κ3) is 4.31. The molecule has 0 spiro atoms. The first-order valence-corrected chi connectivity index (χ1v) is 8.05. The molecule has 21 heavy (non-hydrogen) atoms. The predicted molar refractivity (Wildman–Crippen MR) is 85.0 cm³/mol. The average Bonchev–Trinajstić information content (AvgIpc) is 2.53. The van der Waals surface area contributed by atoms with Gasteiger partial charge in [-0.05, 0) is 36.2 Å². The van der Waals surface area contributed by atoms with Crippen molar-refractivity contribution in [2.45, 2.75) is 39.0 Å². The molecule has 3 heteroatoms. The van der Waals surface area contributed by atoms with Gasteiger partial charge in [0.15, 0.2) is 0 Å². The van der Waals surface area contributed by atoms with Crippen molar-refractivity contribution in [2.24, 2.45) is 11.8 Å². The number of hydrogen-bond donors (Lipinski definition) is 1. The van der Waals surface area contributed by atoms with Crippen LogP contribution in [0.4, 0.5) is 0 Å². The van der Waals surface area contributed by atoms with E-state index in [-0.39, 0.29) is 24.3 Å². The molecule has 1 N–H and O–H groups in total. The van der Waals surface area contributed by atoms with Gasteiger partial charge < -0.3 is 10.0 Å². The summed E-state index contributed by atoms with van der Waals surface area (Å²) in [4.78, 5) is 14.5. The third-order valence-corrected chi connectivity index (χ3v) is 4.56. The summed E-state index contributed by atoms with van der Waals surface area (Å²) in [5.74, 6) is 1.20. The smallest absolute Gasteiger partial charge is 0.223 e. The second kappa shape index (κ2) is 7.60. The highest BCUT2D eigenvalue weighted by Gasteiger charge is 2.26. The Labute approximate surface area is 128 Å². The highest BCUT2D eigenvalue weighted by molar-refractivity contribution is 5.77. The fraction of sp³-hybridized carbons (Fsp3) is 0.611. The maximum Gasteiger partial charge on any atom is 0.223 e. The number of carbonyl (C=O) groups excluding carboxylic acids is 1. The van der Waals surface area contributed by atoms with Crippen LogP contribution in [-0.2, 0) is 4.79 Å². The van der Waals surface area contributed by atoms with E-state index < -0.39 is 0 Å². The van der Waals surface area contributed by atoms with E-state index in [0.29, 0.717) is 12.3 Å². The molecule has 1 saturated heterocycles. The zero-order valence-corrected chi connectivity index (χ0v) is 13.2. The van der Waals surface area contributed by atoms with Crippen molar-refractivity contribution in [1.82, 2.24) is 4.90 Å². The molecule has 2 rings (SSSR count). The molecule has 1 aromatic rings. The monoisotopic (exact) mass is 289 g/mol. The Bertz CT molecular complexity index is 444. The van der Waals surface area contributed by atoms with Gasteiger partial charge in [0.1, 0.15) is 0 Å². The summed E-state index contributed by atoms with van der Waals surface area (Å²) in [6.07, 6.45) is 2.61. The Morgan fingerprint density at radius 1 is 1.33 bits per heavy atom. The number of piperidine rings is 1. The Morgan fingerprint density at radius 3 is 2.67 bits per heavy atom. The summed E-state index contributed by atoms with van der Waals surface area (Å²) < 4.78 is 0. The minimum Gasteiger partial charge on any atom is -0.396 e. The highest BCUT2D eigenvalue weighted by Crippen LogP contribution is 2.29. The lowest BCUT2D eigenvalue weighted by Crippen LogP contribution is -2.41. The minimum atomic E-state index is 0.191. The molecule has 1 aromatic carbocycles. The lowest BCUT2D eigenvalue weighted by atomic mass is 9.85. The summed E-state index contributed by atoms with van der Waals surface area (Å²) in [5.41, 5.74) is 1.25. The van der Waals surface area contributed by atoms with Crippen LogP contribution in [0, 0.1) is 11.8 Å². The van der Waals surface area contributed by atoms with Crippen molar-refractivity contribution < 1.29 is 9.90 Å². The standard InChI is InChI=1S/C18H27NO2/c1-14(2)17(16-8-4-3-5-9-16)11-18(21)19-10-6-7-15(12-19)13-20/h3-5,8-9,14-15,17,20H,6-7,10-13H2,1-2H3. The van der Waals surface area contributed by atoms with Crippen LogP contribution >= 0.6 is 0 Å². The van der Waals surface area contributed by atoms with E-state index in [0.717, 1.165) is 25.9 Å². The minimum absolute atomic E-state index is 0.191. The molecule has 1 heterocycles. The number of hydrogen-bond acceptors (Lipinski definition) is 2. The predicted octanol–water partition coefficient (Wildman–Crippen LogP) is 3.05. The van der Waals surface area contributed by atoms with E-state index in [1.165, 1.54) is 5.56 Å². The molecule has 1 amide bonds. The molecule has 3 nitrogen and oxygen atoms in total. The van der Waals surface area contributed by atoms with Crippen LogP contribution in [0.25, 0.3) is 0 Å². The molecular weight excluding hydrogens is 262 g/mol. The summed E-state index contributed by atoms with van der Waals surface area (Å²) in [7, 11) is 0. The first kappa shape index (κ1) is 16.0. The molecule has 0 aromatic heterocycles. The second-order valence-corrected chi connectivity index (χ2v) is 6.50. The number of benzene rings is 1. The maximum atomic E-state index is 12.6. The quantitative estimate of drug-likeness (QED) is 0.905. The zero-order chi connectivity index (χ0) is 15.2. The molecule has 0 bridgehead atoms. The van der Waals surface area contributed by atoms with E-state index in [1.54, 1.807) is 0 Å². The van der Waals surface area contributed by atoms with E-state index in [1.807, 2.05) is 23.1 Å². The van der Waals surface area contributed by atoms with Crippen molar-refractivity contribution >= 4 is 5.91 Å². The van der Waals surface area contributed by atoms with Gasteiger partial charge in [0.2, 0.25) is 5.91 Å². The van der Waals surface area contributed by atoms with E-state index in [2.05, 4.69) is 26.0 Å². The summed E-state index contributed by atoms with van der Waals surface area (Å²) >= 11 is 0. The number of rotatable bonds is 5. The number of nitrogens with zero attached hydrogens (tertiary/aromatic N) is 1. The Kier molecular flexibility index (Phi) is 5.80. The van der Waals surface area contributed by atoms with Gasteiger partial charge in [-0.1, -0.05) is 44.2 Å². The fourth-order valence-corrected chi connectivity index (χ4v) is 3.20. The number of aliphatic hydroxyl groups is 1. The summed E-state index contributed by atoms with van der Waals surface area (Å²) in [5, 5.41) is 9.30. The van der Waals surface area contributed by atoms with Crippen LogP contribution in [0.3, 0.4) is 0 Å². The van der Waals surface area contributed by atoms with Gasteiger partial charge in [0.05, 0.1) is 0 Å². The van der Waals surface area contributed by atoms with E-state index >= 15 is 0 Å². The number of amides is 1. The van der Waals surface area contributed by atoms with Crippen LogP contribution in [0.5, 0.6) is 0 Å². The van der Waals surface area contributed by atoms with Crippen molar-refractivity contribution in [1.29, 1.82) is 0 Å². The first-order valence-electron chi connectivity index (χ1n) is 8.05. The molecule has 1 fully saturated rings. The van der Waals surface area contributed by atoms with Crippen molar-refractivity contribution in [2.75, 3.05) is 19.7 Å². The molecule has 2 unspecified atom stereocenters. The van der Waals surface area contributed by atoms with Crippen LogP contribution in [0.2, 0.25) is 0 Å². The van der Waals surface area contributed by atoms with E-state index in [9.17, 15) is 9.90 Å². The molecular formula is C18H27NO2. The first-order chi connectivity index (χ1) is 10.1. The Morgan fingerprint density at radius 2 is 2.05 bits per heavy atom. The molecule has 1 aliphatic rings. The van der Waals surface area contributed by atoms with Crippen molar-refractivity contribution in [3.8, 4) is 0 Å². The van der Waals surface area contributed by atoms with Crippen LogP contribution in [-0.4, -0.2) is 35.6 Å². The average molecular weight is 289 g/mol. The number of likely N-dealkylation sites (tertiary alicyclic amines) is 1. The lowest BCUT2D eigenvalue weighted by Gasteiger charge is -2.33. The van der Waals surface area contributed by atoms with Gasteiger partial charge in [-0.3, -0.25) is 4.79 Å². The normalized spacial score (nSPS) is 20.6. The van der Waals surface area contributed by atoms with Gasteiger partial charge in [-0.15, -0.1) is 0 Å². The molecule has 0 radical (unpaired) electrons. The second-order valence-electron chi connectivity index (χ2n) is 6.50. The van der Waals surface area contributed by atoms with Crippen LogP contribution < -0.4 is 0 Å². The molecule has 2 atom stereocenters. The van der Waals surface area contributed by atoms with Gasteiger partial charge in [-0.2, -0.15) is 0 Å². The maximum absolute atomic E-state index is 12.6. The van der Waals surface area contributed by atoms with Gasteiger partial charge in [-0.25, -0.2) is 0 Å². The molecule has 0 saturated carbocycles. The Balaban J connectivity index is 2.02. The SMILES string of the molecule is CC(C)C(CC(=O)N1CCCC(CO)C1)c1ccccc1. The Hall–Kier alpha value is -1.35. The van der Waals surface area contributed by atoms with Crippen molar-refractivity contribution in [3.63, 3.8) is 0 Å². The van der Waals surface area contributed by atoms with Gasteiger partial charge in [0.25, 0.3) is 0 Å². The summed E-state index contributed by atoms with van der Waals surface area (Å²) in [6.45, 7) is 6.11. The van der Waals surface area contributed by atoms with Crippen LogP contribution in [0.15, 0.2) is 30.3 Å². The topological polar surface area (TPSA) is 40.5 Å². The summed E-state index contributed by atoms with van der Waals surface area (Å²) in [6, 6.07) is 10.3. The van der Waals surface area contributed by atoms with Crippen molar-refractivity contribution in [3.05, 3.63) is 35.9 Å². The zero-order valence-electron chi connectivity index (χ0n) is 13.2. The molecule has 1 aliphatic heterocycles. The lowest BCUT2D eigenvalue weighted by molar-refractivity contribution is -0.134. The van der Waals surface area contributed by atoms with Crippen LogP contribution in [0.1, 0.15) is 44.6 Å². The van der Waals surface area contributed by atoms with Gasteiger partial charge in [0, 0.05) is 26.1 Å². The molecule has 116 valence electrons. The fourth-order valence-electron chi connectivity index (χ4n) is 3.20. The molecule has 0 aliphatic carbocycles. The highest BCUT2D eigenvalue weighted by atomic mass is 16.3. The van der Waals surface area contributed by atoms with Gasteiger partial charge >= 0.3 is 0 Å².